The molecule has 5 aliphatic rings. The Balaban J connectivity index is 0.742. The number of pyridine rings is 1. The quantitative estimate of drug-likeness (QED) is 0.111. The number of fused-ring (bicyclic) bond motifs is 2. The first kappa shape index (κ1) is 44.5. The molecule has 4 aromatic rings. The molecule has 4 fully saturated rings. The highest BCUT2D eigenvalue weighted by Gasteiger charge is 2.48. The summed E-state index contributed by atoms with van der Waals surface area (Å²) in [6.45, 7) is 4.89. The van der Waals surface area contributed by atoms with Crippen LogP contribution in [-0.2, 0) is 21.4 Å². The maximum atomic E-state index is 13.5. The van der Waals surface area contributed by atoms with Crippen molar-refractivity contribution >= 4 is 51.8 Å². The molecule has 2 aliphatic heterocycles. The van der Waals surface area contributed by atoms with E-state index in [-0.39, 0.29) is 35.8 Å². The van der Waals surface area contributed by atoms with E-state index in [1.165, 1.54) is 18.9 Å². The SMILES string of the molecule is CN(C[C@H]1CC[C@H](n2cc3cc(NC(=O)c4cccc(C(F)(F)F)n4)c(C(C)(C)O)cc3n2)CC1)C1CCC2(CC1)CC(CNc1cccc3c1C(=O)N(C1CCC(=O)NC1=O)C3=O)C2. The van der Waals surface area contributed by atoms with E-state index in [2.05, 4.69) is 32.9 Å². The first-order chi connectivity index (χ1) is 30.9. The number of nitrogens with one attached hydrogen (secondary N) is 3. The minimum atomic E-state index is -4.70. The normalized spacial score (nSPS) is 26.1. The van der Waals surface area contributed by atoms with Gasteiger partial charge in [0.1, 0.15) is 17.4 Å². The number of halogens is 3. The smallest absolute Gasteiger partial charge is 0.386 e. The molecule has 1 spiro atoms. The lowest BCUT2D eigenvalue weighted by Crippen LogP contribution is -2.54. The van der Waals surface area contributed by atoms with Gasteiger partial charge in [-0.1, -0.05) is 12.1 Å². The number of carbonyl (C=O) groups excluding carboxylic acids is 5. The summed E-state index contributed by atoms with van der Waals surface area (Å²) in [4.78, 5) is 71.2. The zero-order chi connectivity index (χ0) is 46.0. The highest BCUT2D eigenvalue weighted by molar-refractivity contribution is 6.25. The lowest BCUT2D eigenvalue weighted by atomic mass is 9.55. The minimum absolute atomic E-state index is 0.0778. The third-order valence-corrected chi connectivity index (χ3v) is 14.7. The largest absolute Gasteiger partial charge is 0.433 e. The Morgan fingerprint density at radius 2 is 1.65 bits per heavy atom. The van der Waals surface area contributed by atoms with E-state index in [4.69, 9.17) is 5.10 Å². The third kappa shape index (κ3) is 8.88. The summed E-state index contributed by atoms with van der Waals surface area (Å²) in [6, 6.07) is 11.5. The molecular weight excluding hydrogens is 842 g/mol. The lowest BCUT2D eigenvalue weighted by Gasteiger charge is -2.53. The Kier molecular flexibility index (Phi) is 11.6. The molecule has 14 nitrogen and oxygen atoms in total. The fourth-order valence-electron chi connectivity index (χ4n) is 11.2. The molecule has 3 saturated carbocycles. The number of carbonyl (C=O) groups is 5. The molecule has 4 N–H and O–H groups in total. The highest BCUT2D eigenvalue weighted by Crippen LogP contribution is 2.55. The highest BCUT2D eigenvalue weighted by atomic mass is 19.4. The van der Waals surface area contributed by atoms with Crippen LogP contribution in [0.5, 0.6) is 0 Å². The second kappa shape index (κ2) is 17.0. The van der Waals surface area contributed by atoms with Crippen LogP contribution in [0.15, 0.2) is 54.7 Å². The van der Waals surface area contributed by atoms with Gasteiger partial charge in [0, 0.05) is 54.1 Å². The Morgan fingerprint density at radius 3 is 2.34 bits per heavy atom. The van der Waals surface area contributed by atoms with Crippen molar-refractivity contribution in [1.82, 2.24) is 29.9 Å². The number of nitrogens with zero attached hydrogens (tertiary/aromatic N) is 5. The van der Waals surface area contributed by atoms with Gasteiger partial charge >= 0.3 is 6.18 Å². The summed E-state index contributed by atoms with van der Waals surface area (Å²) in [5, 5.41) is 25.0. The van der Waals surface area contributed by atoms with Gasteiger partial charge in [-0.3, -0.25) is 38.9 Å². The van der Waals surface area contributed by atoms with Crippen LogP contribution in [0.1, 0.15) is 139 Å². The van der Waals surface area contributed by atoms with E-state index >= 15 is 0 Å². The van der Waals surface area contributed by atoms with Crippen LogP contribution < -0.4 is 16.0 Å². The van der Waals surface area contributed by atoms with Crippen LogP contribution in [-0.4, -0.2) is 91.4 Å². The number of aliphatic hydroxyl groups is 1. The average molecular weight is 897 g/mol. The molecule has 65 heavy (non-hydrogen) atoms. The summed E-state index contributed by atoms with van der Waals surface area (Å²) in [6.07, 6.45) is 8.46. The van der Waals surface area contributed by atoms with Gasteiger partial charge in [-0.15, -0.1) is 0 Å². The van der Waals surface area contributed by atoms with Crippen LogP contribution in [0.2, 0.25) is 0 Å². The molecule has 0 radical (unpaired) electrons. The van der Waals surface area contributed by atoms with Gasteiger partial charge in [-0.05, 0) is 145 Å². The van der Waals surface area contributed by atoms with E-state index in [0.29, 0.717) is 52.2 Å². The Bertz CT molecular complexity index is 2540. The van der Waals surface area contributed by atoms with Crippen molar-refractivity contribution in [3.63, 3.8) is 0 Å². The topological polar surface area (TPSA) is 179 Å². The Hall–Kier alpha value is -5.68. The van der Waals surface area contributed by atoms with E-state index in [1.807, 2.05) is 16.9 Å². The van der Waals surface area contributed by atoms with Crippen molar-refractivity contribution in [3.05, 3.63) is 82.8 Å². The molecule has 17 heteroatoms. The van der Waals surface area contributed by atoms with Gasteiger partial charge in [-0.2, -0.15) is 18.3 Å². The molecule has 344 valence electrons. The molecular formula is C48H55F3N8O6. The Labute approximate surface area is 374 Å². The second-order valence-electron chi connectivity index (χ2n) is 19.7. The summed E-state index contributed by atoms with van der Waals surface area (Å²) in [7, 11) is 2.26. The van der Waals surface area contributed by atoms with Crippen molar-refractivity contribution in [2.24, 2.45) is 17.3 Å². The number of alkyl halides is 3. The third-order valence-electron chi connectivity index (χ3n) is 14.7. The van der Waals surface area contributed by atoms with Crippen LogP contribution in [0.25, 0.3) is 10.9 Å². The van der Waals surface area contributed by atoms with Gasteiger partial charge < -0.3 is 20.6 Å². The first-order valence-electron chi connectivity index (χ1n) is 22.8. The maximum Gasteiger partial charge on any atom is 0.433 e. The van der Waals surface area contributed by atoms with Crippen LogP contribution >= 0.6 is 0 Å². The number of aromatic nitrogens is 3. The number of benzene rings is 2. The number of imide groups is 2. The number of amides is 5. The zero-order valence-electron chi connectivity index (χ0n) is 36.8. The number of piperidine rings is 1. The van der Waals surface area contributed by atoms with Crippen molar-refractivity contribution in [3.8, 4) is 0 Å². The maximum absolute atomic E-state index is 13.5. The van der Waals surface area contributed by atoms with Gasteiger partial charge in [0.25, 0.3) is 17.7 Å². The first-order valence-corrected chi connectivity index (χ1v) is 22.8. The number of anilines is 2. The minimum Gasteiger partial charge on any atom is -0.386 e. The predicted molar refractivity (Wildman–Crippen MR) is 235 cm³/mol. The van der Waals surface area contributed by atoms with E-state index in [1.54, 1.807) is 38.1 Å². The zero-order valence-corrected chi connectivity index (χ0v) is 36.8. The molecule has 1 saturated heterocycles. The summed E-state index contributed by atoms with van der Waals surface area (Å²) in [5.41, 5.74) is -0.0948. The number of hydrogen-bond acceptors (Lipinski definition) is 10. The van der Waals surface area contributed by atoms with Gasteiger partial charge in [-0.25, -0.2) is 4.98 Å². The van der Waals surface area contributed by atoms with Crippen molar-refractivity contribution in [1.29, 1.82) is 0 Å². The molecule has 2 aromatic heterocycles. The summed E-state index contributed by atoms with van der Waals surface area (Å²) in [5.74, 6) is -1.81. The monoisotopic (exact) mass is 896 g/mol. The van der Waals surface area contributed by atoms with Gasteiger partial charge in [0.15, 0.2) is 0 Å². The fourth-order valence-corrected chi connectivity index (χ4v) is 11.2. The van der Waals surface area contributed by atoms with E-state index < -0.39 is 53.0 Å². The van der Waals surface area contributed by atoms with Crippen LogP contribution in [0.4, 0.5) is 24.5 Å². The molecule has 0 bridgehead atoms. The average Bonchev–Trinajstić information content (AvgIpc) is 3.79. The van der Waals surface area contributed by atoms with E-state index in [0.717, 1.165) is 80.3 Å². The lowest BCUT2D eigenvalue weighted by molar-refractivity contribution is -0.141. The predicted octanol–water partition coefficient (Wildman–Crippen LogP) is 7.45. The standard InChI is InChI=1S/C48H55F3N8O6/c1-46(2,65)33-21-36-29(20-37(33)54-42(61)35-8-5-9-39(53-35)48(49,50)51)26-58(56-36)31-12-10-27(11-13-31)25-57(3)30-16-18-47(19-17-30)22-28(23-47)24-52-34-7-4-6-32-41(34)45(64)59(44(32)63)38-14-15-40(60)55-43(38)62/h4-9,20-21,26-28,30-31,38,52,65H,10-19,22-25H2,1-3H3,(H,54,61)(H,55,60,62)/t27-,28?,30?,31-,38?,47?. The molecule has 9 rings (SSSR count). The molecule has 2 aromatic carbocycles. The van der Waals surface area contributed by atoms with Crippen molar-refractivity contribution in [2.75, 3.05) is 30.8 Å². The summed E-state index contributed by atoms with van der Waals surface area (Å²) < 4.78 is 41.8. The van der Waals surface area contributed by atoms with Crippen LogP contribution in [0.3, 0.4) is 0 Å². The number of hydrogen-bond donors (Lipinski definition) is 4. The van der Waals surface area contributed by atoms with Gasteiger partial charge in [0.05, 0.1) is 28.3 Å². The fraction of sp³-hybridized carbons (Fsp3) is 0.521. The van der Waals surface area contributed by atoms with Crippen LogP contribution in [0, 0.1) is 17.3 Å². The van der Waals surface area contributed by atoms with Crippen molar-refractivity contribution in [2.45, 2.75) is 121 Å². The molecule has 4 heterocycles. The second-order valence-corrected chi connectivity index (χ2v) is 19.7. The molecule has 3 aliphatic carbocycles. The van der Waals surface area contributed by atoms with E-state index in [9.17, 15) is 42.3 Å². The molecule has 1 atom stereocenters. The molecule has 5 amide bonds. The van der Waals surface area contributed by atoms with Gasteiger partial charge in [0.2, 0.25) is 11.8 Å². The number of rotatable bonds is 11. The van der Waals surface area contributed by atoms with Crippen molar-refractivity contribution < 1.29 is 42.3 Å². The summed E-state index contributed by atoms with van der Waals surface area (Å²) >= 11 is 0. The molecule has 1 unspecified atom stereocenters. The Morgan fingerprint density at radius 1 is 0.923 bits per heavy atom.